The molecule has 1 N–H and O–H groups in total. The Morgan fingerprint density at radius 3 is 2.61 bits per heavy atom. The Morgan fingerprint density at radius 2 is 1.89 bits per heavy atom. The number of fused-ring (bicyclic) bond motifs is 1. The molecule has 3 nitrogen and oxygen atoms in total. The highest BCUT2D eigenvalue weighted by Gasteiger charge is 2.10. The summed E-state index contributed by atoms with van der Waals surface area (Å²) in [5.41, 5.74) is 1.05. The van der Waals surface area contributed by atoms with Gasteiger partial charge in [-0.1, -0.05) is 36.4 Å². The second-order valence-corrected chi connectivity index (χ2v) is 4.76. The van der Waals surface area contributed by atoms with Gasteiger partial charge in [-0.2, -0.15) is 0 Å². The molecule has 18 heavy (non-hydrogen) atoms. The molecule has 1 heterocycles. The number of rotatable bonds is 2. The number of thiazole rings is 1. The molecule has 0 aliphatic rings. The highest BCUT2D eigenvalue weighted by atomic mass is 32.1. The lowest BCUT2D eigenvalue weighted by Crippen LogP contribution is -1.95. The number of aromatic nitrogens is 1. The van der Waals surface area contributed by atoms with Crippen molar-refractivity contribution in [2.24, 2.45) is 0 Å². The van der Waals surface area contributed by atoms with E-state index in [1.807, 2.05) is 42.5 Å². The minimum atomic E-state index is -0.988. The van der Waals surface area contributed by atoms with Gasteiger partial charge in [0.25, 0.3) is 0 Å². The van der Waals surface area contributed by atoms with Crippen LogP contribution in [0.1, 0.15) is 10.5 Å². The number of hydrogen-bond donors (Lipinski definition) is 1. The molecule has 0 saturated heterocycles. The lowest BCUT2D eigenvalue weighted by Gasteiger charge is -2.00. The summed E-state index contributed by atoms with van der Waals surface area (Å²) in [6, 6.07) is 14.1. The molecule has 0 amide bonds. The van der Waals surface area contributed by atoms with Crippen molar-refractivity contribution in [2.45, 2.75) is 0 Å². The van der Waals surface area contributed by atoms with Crippen LogP contribution in [0.15, 0.2) is 47.8 Å². The van der Waals surface area contributed by atoms with Crippen LogP contribution in [0.4, 0.5) is 0 Å². The highest BCUT2D eigenvalue weighted by molar-refractivity contribution is 7.13. The van der Waals surface area contributed by atoms with Crippen molar-refractivity contribution in [3.05, 3.63) is 53.5 Å². The third-order valence-corrected chi connectivity index (χ3v) is 3.61. The van der Waals surface area contributed by atoms with Crippen molar-refractivity contribution < 1.29 is 9.90 Å². The van der Waals surface area contributed by atoms with Gasteiger partial charge in [-0.25, -0.2) is 9.78 Å². The fraction of sp³-hybridized carbons (Fsp3) is 0. The van der Waals surface area contributed by atoms with Crippen molar-refractivity contribution in [3.63, 3.8) is 0 Å². The Bertz CT molecular complexity index is 733. The first-order valence-electron chi connectivity index (χ1n) is 5.42. The Balaban J connectivity index is 2.10. The summed E-state index contributed by atoms with van der Waals surface area (Å²) < 4.78 is 0. The second-order valence-electron chi connectivity index (χ2n) is 3.90. The van der Waals surface area contributed by atoms with Gasteiger partial charge in [0, 0.05) is 10.9 Å². The molecule has 88 valence electrons. The molecule has 1 aromatic heterocycles. The Labute approximate surface area is 107 Å². The quantitative estimate of drug-likeness (QED) is 0.760. The first kappa shape index (κ1) is 10.9. The number of nitrogens with zero attached hydrogens (tertiary/aromatic N) is 1. The summed E-state index contributed by atoms with van der Waals surface area (Å²) in [5, 5.41) is 13.4. The number of aromatic carboxylic acids is 1. The van der Waals surface area contributed by atoms with E-state index >= 15 is 0 Å². The first-order valence-corrected chi connectivity index (χ1v) is 6.30. The van der Waals surface area contributed by atoms with Crippen LogP contribution in [0.5, 0.6) is 0 Å². The SMILES string of the molecule is O=C(O)c1csc(-c2ccc3ccccc3c2)n1. The molecule has 3 aromatic rings. The van der Waals surface area contributed by atoms with Gasteiger partial charge in [-0.3, -0.25) is 0 Å². The maximum absolute atomic E-state index is 10.8. The van der Waals surface area contributed by atoms with Crippen molar-refractivity contribution in [1.29, 1.82) is 0 Å². The fourth-order valence-electron chi connectivity index (χ4n) is 1.83. The highest BCUT2D eigenvalue weighted by Crippen LogP contribution is 2.27. The standard InChI is InChI=1S/C14H9NO2S/c16-14(17)12-8-18-13(15-12)11-6-5-9-3-1-2-4-10(9)7-11/h1-8H,(H,16,17). The van der Waals surface area contributed by atoms with E-state index in [4.69, 9.17) is 5.11 Å². The van der Waals surface area contributed by atoms with E-state index in [0.29, 0.717) is 0 Å². The zero-order valence-electron chi connectivity index (χ0n) is 9.33. The molecule has 3 rings (SSSR count). The summed E-state index contributed by atoms with van der Waals surface area (Å²) in [4.78, 5) is 14.9. The molecule has 0 saturated carbocycles. The molecular weight excluding hydrogens is 246 g/mol. The summed E-state index contributed by atoms with van der Waals surface area (Å²) >= 11 is 1.35. The van der Waals surface area contributed by atoms with Gasteiger partial charge in [0.2, 0.25) is 0 Å². The number of carboxylic acids is 1. The molecule has 0 unspecified atom stereocenters. The second kappa shape index (κ2) is 4.23. The Hall–Kier alpha value is -2.20. The van der Waals surface area contributed by atoms with Gasteiger partial charge >= 0.3 is 5.97 Å². The van der Waals surface area contributed by atoms with Gasteiger partial charge in [0.05, 0.1) is 0 Å². The number of benzene rings is 2. The molecular formula is C14H9NO2S. The lowest BCUT2D eigenvalue weighted by atomic mass is 10.1. The first-order chi connectivity index (χ1) is 8.74. The van der Waals surface area contributed by atoms with Crippen molar-refractivity contribution in [3.8, 4) is 10.6 Å². The van der Waals surface area contributed by atoms with Crippen LogP contribution in [0, 0.1) is 0 Å². The smallest absolute Gasteiger partial charge is 0.355 e. The minimum absolute atomic E-state index is 0.100. The molecule has 0 aliphatic heterocycles. The maximum Gasteiger partial charge on any atom is 0.355 e. The molecule has 0 aliphatic carbocycles. The molecule has 0 fully saturated rings. The number of carbonyl (C=O) groups is 1. The predicted octanol–water partition coefficient (Wildman–Crippen LogP) is 3.66. The summed E-state index contributed by atoms with van der Waals surface area (Å²) in [5.74, 6) is -0.988. The van der Waals surface area contributed by atoms with Crippen molar-refractivity contribution >= 4 is 28.1 Å². The van der Waals surface area contributed by atoms with Gasteiger partial charge in [-0.05, 0) is 16.8 Å². The van der Waals surface area contributed by atoms with Crippen LogP contribution in [-0.4, -0.2) is 16.1 Å². The zero-order chi connectivity index (χ0) is 12.5. The van der Waals surface area contributed by atoms with Gasteiger partial charge in [-0.15, -0.1) is 11.3 Å². The number of hydrogen-bond acceptors (Lipinski definition) is 3. The summed E-state index contributed by atoms with van der Waals surface area (Å²) in [6.07, 6.45) is 0. The van der Waals surface area contributed by atoms with Crippen LogP contribution < -0.4 is 0 Å². The average Bonchev–Trinajstić information content (AvgIpc) is 2.88. The average molecular weight is 255 g/mol. The van der Waals surface area contributed by atoms with E-state index in [0.717, 1.165) is 21.3 Å². The number of carboxylic acid groups (broad SMARTS) is 1. The van der Waals surface area contributed by atoms with Crippen molar-refractivity contribution in [1.82, 2.24) is 4.98 Å². The van der Waals surface area contributed by atoms with E-state index in [-0.39, 0.29) is 5.69 Å². The van der Waals surface area contributed by atoms with E-state index < -0.39 is 5.97 Å². The zero-order valence-corrected chi connectivity index (χ0v) is 10.1. The van der Waals surface area contributed by atoms with Crippen molar-refractivity contribution in [2.75, 3.05) is 0 Å². The topological polar surface area (TPSA) is 50.2 Å². The predicted molar refractivity (Wildman–Crippen MR) is 72.0 cm³/mol. The minimum Gasteiger partial charge on any atom is -0.476 e. The molecule has 0 bridgehead atoms. The Morgan fingerprint density at radius 1 is 1.11 bits per heavy atom. The fourth-order valence-corrected chi connectivity index (χ4v) is 2.62. The third-order valence-electron chi connectivity index (χ3n) is 2.72. The molecule has 4 heteroatoms. The van der Waals surface area contributed by atoms with Gasteiger partial charge < -0.3 is 5.11 Å². The normalized spacial score (nSPS) is 10.7. The molecule has 0 spiro atoms. The third kappa shape index (κ3) is 1.87. The molecule has 2 aromatic carbocycles. The van der Waals surface area contributed by atoms with Gasteiger partial charge in [0.15, 0.2) is 5.69 Å². The van der Waals surface area contributed by atoms with E-state index in [2.05, 4.69) is 4.98 Å². The largest absolute Gasteiger partial charge is 0.476 e. The van der Waals surface area contributed by atoms with E-state index in [1.165, 1.54) is 11.3 Å². The van der Waals surface area contributed by atoms with Crippen LogP contribution in [-0.2, 0) is 0 Å². The maximum atomic E-state index is 10.8. The molecule has 0 atom stereocenters. The van der Waals surface area contributed by atoms with Crippen LogP contribution in [0.2, 0.25) is 0 Å². The lowest BCUT2D eigenvalue weighted by molar-refractivity contribution is 0.0691. The monoisotopic (exact) mass is 255 g/mol. The van der Waals surface area contributed by atoms with E-state index in [9.17, 15) is 4.79 Å². The van der Waals surface area contributed by atoms with Crippen LogP contribution >= 0.6 is 11.3 Å². The Kier molecular flexibility index (Phi) is 2.57. The summed E-state index contributed by atoms with van der Waals surface area (Å²) in [7, 11) is 0. The molecule has 0 radical (unpaired) electrons. The van der Waals surface area contributed by atoms with Gasteiger partial charge in [0.1, 0.15) is 5.01 Å². The van der Waals surface area contributed by atoms with E-state index in [1.54, 1.807) is 5.38 Å². The van der Waals surface area contributed by atoms with Crippen LogP contribution in [0.3, 0.4) is 0 Å². The van der Waals surface area contributed by atoms with Crippen LogP contribution in [0.25, 0.3) is 21.3 Å². The summed E-state index contributed by atoms with van der Waals surface area (Å²) in [6.45, 7) is 0.